The van der Waals surface area contributed by atoms with E-state index in [2.05, 4.69) is 5.32 Å². The lowest BCUT2D eigenvalue weighted by molar-refractivity contribution is -0.138. The summed E-state index contributed by atoms with van der Waals surface area (Å²) in [5, 5.41) is 10.9. The van der Waals surface area contributed by atoms with E-state index in [1.807, 2.05) is 0 Å². The number of ether oxygens (including phenoxy) is 1. The third kappa shape index (κ3) is 3.97. The van der Waals surface area contributed by atoms with Crippen LogP contribution in [0.5, 0.6) is 0 Å². The summed E-state index contributed by atoms with van der Waals surface area (Å²) in [5.41, 5.74) is 0. The minimum absolute atomic E-state index is 0.0685. The molecule has 14 heavy (non-hydrogen) atoms. The highest BCUT2D eigenvalue weighted by molar-refractivity contribution is 5.66. The number of carboxylic acid groups (broad SMARTS) is 1. The van der Waals surface area contributed by atoms with Crippen LogP contribution in [0.25, 0.3) is 0 Å². The highest BCUT2D eigenvalue weighted by atomic mass is 19.3. The van der Waals surface area contributed by atoms with Gasteiger partial charge < -0.3 is 15.2 Å². The van der Waals surface area contributed by atoms with Crippen LogP contribution in [-0.4, -0.2) is 42.8 Å². The van der Waals surface area contributed by atoms with Gasteiger partial charge in [0, 0.05) is 12.5 Å². The molecule has 2 N–H and O–H groups in total. The Kier molecular flexibility index (Phi) is 3.77. The Balaban J connectivity index is 2.06. The SMILES string of the molecule is O=C(O)CCOC[C@@H]1CC(F)(F)CN1. The molecular weight excluding hydrogens is 196 g/mol. The number of rotatable bonds is 5. The first-order valence-electron chi connectivity index (χ1n) is 4.40. The van der Waals surface area contributed by atoms with E-state index in [1.54, 1.807) is 0 Å². The van der Waals surface area contributed by atoms with E-state index in [4.69, 9.17) is 9.84 Å². The van der Waals surface area contributed by atoms with Crippen LogP contribution in [0.1, 0.15) is 12.8 Å². The summed E-state index contributed by atoms with van der Waals surface area (Å²) in [6.07, 6.45) is -0.330. The molecule has 0 unspecified atom stereocenters. The van der Waals surface area contributed by atoms with Crippen LogP contribution in [-0.2, 0) is 9.53 Å². The topological polar surface area (TPSA) is 58.6 Å². The van der Waals surface area contributed by atoms with Gasteiger partial charge >= 0.3 is 5.97 Å². The summed E-state index contributed by atoms with van der Waals surface area (Å²) in [6, 6.07) is -0.362. The molecule has 82 valence electrons. The third-order valence-corrected chi connectivity index (χ3v) is 1.97. The molecule has 1 aliphatic heterocycles. The summed E-state index contributed by atoms with van der Waals surface area (Å²) in [6.45, 7) is -0.109. The summed E-state index contributed by atoms with van der Waals surface area (Å²) >= 11 is 0. The Morgan fingerprint density at radius 3 is 2.86 bits per heavy atom. The fraction of sp³-hybridized carbons (Fsp3) is 0.875. The molecular formula is C8H13F2NO3. The van der Waals surface area contributed by atoms with E-state index >= 15 is 0 Å². The molecule has 1 atom stereocenters. The number of nitrogens with one attached hydrogen (secondary N) is 1. The normalized spacial score (nSPS) is 25.1. The van der Waals surface area contributed by atoms with Gasteiger partial charge in [-0.05, 0) is 0 Å². The average molecular weight is 209 g/mol. The molecule has 1 aliphatic rings. The first-order valence-corrected chi connectivity index (χ1v) is 4.40. The van der Waals surface area contributed by atoms with Crippen LogP contribution in [0.15, 0.2) is 0 Å². The Hall–Kier alpha value is -0.750. The lowest BCUT2D eigenvalue weighted by Crippen LogP contribution is -2.27. The molecule has 1 fully saturated rings. The zero-order valence-corrected chi connectivity index (χ0v) is 7.63. The van der Waals surface area contributed by atoms with Gasteiger partial charge in [-0.3, -0.25) is 4.79 Å². The molecule has 0 bridgehead atoms. The predicted molar refractivity (Wildman–Crippen MR) is 44.4 cm³/mol. The van der Waals surface area contributed by atoms with Crippen LogP contribution in [0.4, 0.5) is 8.78 Å². The first-order chi connectivity index (χ1) is 6.49. The van der Waals surface area contributed by atoms with Gasteiger partial charge in [-0.2, -0.15) is 0 Å². The largest absolute Gasteiger partial charge is 0.481 e. The number of alkyl halides is 2. The van der Waals surface area contributed by atoms with Crippen LogP contribution in [0.3, 0.4) is 0 Å². The smallest absolute Gasteiger partial charge is 0.305 e. The number of aliphatic carboxylic acids is 1. The van der Waals surface area contributed by atoms with Crippen molar-refractivity contribution in [2.24, 2.45) is 0 Å². The van der Waals surface area contributed by atoms with Gasteiger partial charge in [0.15, 0.2) is 0 Å². The standard InChI is InChI=1S/C8H13F2NO3/c9-8(10)3-6(11-5-8)4-14-2-1-7(12)13/h6,11H,1-5H2,(H,12,13)/t6-/m0/s1. The van der Waals surface area contributed by atoms with Crippen molar-refractivity contribution in [3.63, 3.8) is 0 Å². The van der Waals surface area contributed by atoms with Crippen LogP contribution < -0.4 is 5.32 Å². The van der Waals surface area contributed by atoms with Crippen molar-refractivity contribution in [2.45, 2.75) is 24.8 Å². The molecule has 0 aliphatic carbocycles. The maximum atomic E-state index is 12.6. The maximum Gasteiger partial charge on any atom is 0.305 e. The quantitative estimate of drug-likeness (QED) is 0.646. The van der Waals surface area contributed by atoms with E-state index in [9.17, 15) is 13.6 Å². The van der Waals surface area contributed by atoms with Gasteiger partial charge in [0.2, 0.25) is 0 Å². The molecule has 6 heteroatoms. The molecule has 1 saturated heterocycles. The molecule has 0 saturated carbocycles. The zero-order valence-electron chi connectivity index (χ0n) is 7.63. The van der Waals surface area contributed by atoms with Crippen LogP contribution >= 0.6 is 0 Å². The van der Waals surface area contributed by atoms with E-state index in [0.29, 0.717) is 0 Å². The average Bonchev–Trinajstić information content (AvgIpc) is 2.39. The monoisotopic (exact) mass is 209 g/mol. The molecule has 0 radical (unpaired) electrons. The molecule has 0 spiro atoms. The number of carboxylic acids is 1. The van der Waals surface area contributed by atoms with Gasteiger partial charge in [0.05, 0.1) is 26.2 Å². The highest BCUT2D eigenvalue weighted by Crippen LogP contribution is 2.24. The molecule has 1 rings (SSSR count). The van der Waals surface area contributed by atoms with Gasteiger partial charge in [-0.1, -0.05) is 0 Å². The summed E-state index contributed by atoms with van der Waals surface area (Å²) in [7, 11) is 0. The number of carbonyl (C=O) groups is 1. The van der Waals surface area contributed by atoms with Crippen molar-refractivity contribution >= 4 is 5.97 Å². The summed E-state index contributed by atoms with van der Waals surface area (Å²) in [5.74, 6) is -3.60. The van der Waals surface area contributed by atoms with Crippen molar-refractivity contribution in [3.8, 4) is 0 Å². The number of hydrogen-bond acceptors (Lipinski definition) is 3. The predicted octanol–water partition coefficient (Wildman–Crippen LogP) is 0.475. The lowest BCUT2D eigenvalue weighted by atomic mass is 10.2. The zero-order chi connectivity index (χ0) is 10.6. The minimum Gasteiger partial charge on any atom is -0.481 e. The Morgan fingerprint density at radius 1 is 1.64 bits per heavy atom. The van der Waals surface area contributed by atoms with Crippen molar-refractivity contribution in [1.82, 2.24) is 5.32 Å². The van der Waals surface area contributed by atoms with Gasteiger partial charge in [-0.25, -0.2) is 8.78 Å². The Labute approximate surface area is 80.2 Å². The Morgan fingerprint density at radius 2 is 2.36 bits per heavy atom. The second-order valence-corrected chi connectivity index (χ2v) is 3.36. The second kappa shape index (κ2) is 4.65. The van der Waals surface area contributed by atoms with Crippen molar-refractivity contribution in [1.29, 1.82) is 0 Å². The highest BCUT2D eigenvalue weighted by Gasteiger charge is 2.38. The maximum absolute atomic E-state index is 12.6. The van der Waals surface area contributed by atoms with E-state index < -0.39 is 11.9 Å². The Bertz CT molecular complexity index is 211. The van der Waals surface area contributed by atoms with Crippen molar-refractivity contribution < 1.29 is 23.4 Å². The molecule has 0 aromatic heterocycles. The molecule has 1 heterocycles. The summed E-state index contributed by atoms with van der Waals surface area (Å²) in [4.78, 5) is 10.1. The lowest BCUT2D eigenvalue weighted by Gasteiger charge is -2.09. The van der Waals surface area contributed by atoms with Crippen LogP contribution in [0.2, 0.25) is 0 Å². The minimum atomic E-state index is -2.65. The number of hydrogen-bond donors (Lipinski definition) is 2. The van der Waals surface area contributed by atoms with Gasteiger partial charge in [0.25, 0.3) is 5.92 Å². The number of halogens is 2. The summed E-state index contributed by atoms with van der Waals surface area (Å²) < 4.78 is 30.2. The van der Waals surface area contributed by atoms with E-state index in [0.717, 1.165) is 0 Å². The fourth-order valence-electron chi connectivity index (χ4n) is 1.30. The van der Waals surface area contributed by atoms with Crippen LogP contribution in [0, 0.1) is 0 Å². The second-order valence-electron chi connectivity index (χ2n) is 3.36. The van der Waals surface area contributed by atoms with E-state index in [1.165, 1.54) is 0 Å². The van der Waals surface area contributed by atoms with Gasteiger partial charge in [-0.15, -0.1) is 0 Å². The molecule has 4 nitrogen and oxygen atoms in total. The fourth-order valence-corrected chi connectivity index (χ4v) is 1.30. The van der Waals surface area contributed by atoms with Crippen molar-refractivity contribution in [2.75, 3.05) is 19.8 Å². The van der Waals surface area contributed by atoms with Gasteiger partial charge in [0.1, 0.15) is 0 Å². The molecule has 0 aromatic rings. The van der Waals surface area contributed by atoms with E-state index in [-0.39, 0.29) is 38.6 Å². The molecule has 0 aromatic carbocycles. The first kappa shape index (κ1) is 11.3. The molecule has 0 amide bonds. The third-order valence-electron chi connectivity index (χ3n) is 1.97. The van der Waals surface area contributed by atoms with Crippen molar-refractivity contribution in [3.05, 3.63) is 0 Å².